The topological polar surface area (TPSA) is 44.8 Å². The first-order valence-electron chi connectivity index (χ1n) is 8.50. The fraction of sp³-hybridized carbons (Fsp3) is 0.143. The maximum atomic E-state index is 13.7. The molecule has 5 heteroatoms. The van der Waals surface area contributed by atoms with E-state index in [0.29, 0.717) is 23.7 Å². The number of hydrogen-bond donors (Lipinski definition) is 0. The van der Waals surface area contributed by atoms with Crippen LogP contribution >= 0.6 is 7.60 Å². The van der Waals surface area contributed by atoms with Gasteiger partial charge in [0, 0.05) is 0 Å². The van der Waals surface area contributed by atoms with Crippen molar-refractivity contribution in [2.24, 2.45) is 0 Å². The van der Waals surface area contributed by atoms with Gasteiger partial charge in [0.05, 0.1) is 0 Å². The van der Waals surface area contributed by atoms with Gasteiger partial charge in [0.1, 0.15) is 17.2 Å². The SMILES string of the molecule is CCC(Oc1ccccc1)P(=O)(Oc1ccccc1)Oc1ccccc1. The number of benzene rings is 3. The van der Waals surface area contributed by atoms with E-state index in [9.17, 15) is 4.57 Å². The van der Waals surface area contributed by atoms with Gasteiger partial charge in [-0.05, 0) is 42.8 Å². The van der Waals surface area contributed by atoms with E-state index in [1.54, 1.807) is 24.3 Å². The van der Waals surface area contributed by atoms with Gasteiger partial charge in [0.15, 0.2) is 0 Å². The van der Waals surface area contributed by atoms with Crippen molar-refractivity contribution in [1.82, 2.24) is 0 Å². The molecule has 0 aliphatic carbocycles. The third kappa shape index (κ3) is 4.68. The smallest absolute Gasteiger partial charge is 0.471 e. The van der Waals surface area contributed by atoms with E-state index in [-0.39, 0.29) is 0 Å². The first-order valence-corrected chi connectivity index (χ1v) is 10.1. The zero-order valence-corrected chi connectivity index (χ0v) is 15.4. The second kappa shape index (κ2) is 8.59. The Kier molecular flexibility index (Phi) is 5.98. The normalized spacial score (nSPS) is 12.2. The van der Waals surface area contributed by atoms with Crippen molar-refractivity contribution in [1.29, 1.82) is 0 Å². The molecule has 0 aromatic heterocycles. The molecule has 0 radical (unpaired) electrons. The molecule has 0 bridgehead atoms. The highest BCUT2D eigenvalue weighted by atomic mass is 31.2. The molecule has 26 heavy (non-hydrogen) atoms. The van der Waals surface area contributed by atoms with Crippen molar-refractivity contribution in [2.45, 2.75) is 19.2 Å². The van der Waals surface area contributed by atoms with Crippen molar-refractivity contribution < 1.29 is 18.3 Å². The largest absolute Gasteiger partial charge is 0.475 e. The molecule has 3 rings (SSSR count). The third-order valence-corrected chi connectivity index (χ3v) is 5.78. The molecule has 0 spiro atoms. The van der Waals surface area contributed by atoms with Crippen molar-refractivity contribution in [3.63, 3.8) is 0 Å². The van der Waals surface area contributed by atoms with E-state index in [2.05, 4.69) is 0 Å². The fourth-order valence-corrected chi connectivity index (χ4v) is 4.22. The van der Waals surface area contributed by atoms with Crippen LogP contribution in [0.4, 0.5) is 0 Å². The monoisotopic (exact) mass is 368 g/mol. The van der Waals surface area contributed by atoms with Gasteiger partial charge in [-0.2, -0.15) is 0 Å². The van der Waals surface area contributed by atoms with Gasteiger partial charge in [0.2, 0.25) is 5.85 Å². The predicted octanol–water partition coefficient (Wildman–Crippen LogP) is 6.15. The summed E-state index contributed by atoms with van der Waals surface area (Å²) in [7, 11) is -3.66. The highest BCUT2D eigenvalue weighted by Gasteiger charge is 2.40. The molecule has 0 saturated carbocycles. The maximum absolute atomic E-state index is 13.7. The van der Waals surface area contributed by atoms with E-state index >= 15 is 0 Å². The molecule has 134 valence electrons. The van der Waals surface area contributed by atoms with Gasteiger partial charge >= 0.3 is 7.60 Å². The lowest BCUT2D eigenvalue weighted by Crippen LogP contribution is -2.22. The Morgan fingerprint density at radius 3 is 1.46 bits per heavy atom. The molecule has 0 N–H and O–H groups in total. The molecule has 1 unspecified atom stereocenters. The summed E-state index contributed by atoms with van der Waals surface area (Å²) in [6.07, 6.45) is 0.464. The highest BCUT2D eigenvalue weighted by molar-refractivity contribution is 7.55. The van der Waals surface area contributed by atoms with Gasteiger partial charge in [-0.3, -0.25) is 0 Å². The van der Waals surface area contributed by atoms with E-state index in [1.807, 2.05) is 73.7 Å². The van der Waals surface area contributed by atoms with Crippen LogP contribution in [0, 0.1) is 0 Å². The molecule has 3 aromatic rings. The summed E-state index contributed by atoms with van der Waals surface area (Å²) in [6.45, 7) is 1.89. The standard InChI is InChI=1S/C21H21O4P/c1-2-21(23-18-12-6-3-7-13-18)26(22,24-19-14-8-4-9-15-19)25-20-16-10-5-11-17-20/h3-17,21H,2H2,1H3. The summed E-state index contributed by atoms with van der Waals surface area (Å²) >= 11 is 0. The van der Waals surface area contributed by atoms with Crippen LogP contribution in [0.1, 0.15) is 13.3 Å². The Morgan fingerprint density at radius 2 is 1.08 bits per heavy atom. The minimum Gasteiger partial charge on any atom is -0.475 e. The summed E-state index contributed by atoms with van der Waals surface area (Å²) < 4.78 is 31.4. The van der Waals surface area contributed by atoms with Crippen molar-refractivity contribution >= 4 is 7.60 Å². The van der Waals surface area contributed by atoms with Crippen LogP contribution in [0.25, 0.3) is 0 Å². The molecule has 1 atom stereocenters. The fourth-order valence-electron chi connectivity index (χ4n) is 2.42. The third-order valence-electron chi connectivity index (χ3n) is 3.67. The number of ether oxygens (including phenoxy) is 1. The Morgan fingerprint density at radius 1 is 0.692 bits per heavy atom. The van der Waals surface area contributed by atoms with Crippen LogP contribution < -0.4 is 13.8 Å². The van der Waals surface area contributed by atoms with E-state index in [0.717, 1.165) is 0 Å². The Labute approximate surface area is 153 Å². The van der Waals surface area contributed by atoms with Crippen LogP contribution in [0.3, 0.4) is 0 Å². The second-order valence-electron chi connectivity index (χ2n) is 5.64. The molecule has 4 nitrogen and oxygen atoms in total. The summed E-state index contributed by atoms with van der Waals surface area (Å²) in [4.78, 5) is 0. The average molecular weight is 368 g/mol. The summed E-state index contributed by atoms with van der Waals surface area (Å²) in [5.74, 6) is 0.821. The van der Waals surface area contributed by atoms with E-state index < -0.39 is 13.4 Å². The maximum Gasteiger partial charge on any atom is 0.471 e. The van der Waals surface area contributed by atoms with Crippen LogP contribution in [-0.2, 0) is 4.57 Å². The van der Waals surface area contributed by atoms with Gasteiger partial charge in [-0.15, -0.1) is 0 Å². The molecule has 3 aromatic carbocycles. The number of para-hydroxylation sites is 3. The molecule has 0 saturated heterocycles. The first kappa shape index (κ1) is 18.1. The summed E-state index contributed by atoms with van der Waals surface area (Å²) in [6, 6.07) is 27.3. The molecular formula is C21H21O4P. The van der Waals surface area contributed by atoms with E-state index in [4.69, 9.17) is 13.8 Å². The zero-order valence-electron chi connectivity index (χ0n) is 14.5. The molecule has 0 fully saturated rings. The van der Waals surface area contributed by atoms with Crippen LogP contribution in [0.5, 0.6) is 17.2 Å². The zero-order chi connectivity index (χ0) is 18.2. The lowest BCUT2D eigenvalue weighted by Gasteiger charge is -2.27. The van der Waals surface area contributed by atoms with Crippen LogP contribution in [0.15, 0.2) is 91.0 Å². The van der Waals surface area contributed by atoms with Crippen LogP contribution in [-0.4, -0.2) is 5.85 Å². The van der Waals surface area contributed by atoms with Gasteiger partial charge in [-0.1, -0.05) is 61.5 Å². The molecule has 0 heterocycles. The highest BCUT2D eigenvalue weighted by Crippen LogP contribution is 2.54. The first-order chi connectivity index (χ1) is 12.7. The molecular weight excluding hydrogens is 347 g/mol. The Hall–Kier alpha value is -2.71. The predicted molar refractivity (Wildman–Crippen MR) is 103 cm³/mol. The summed E-state index contributed by atoms with van der Waals surface area (Å²) in [5.41, 5.74) is 0. The number of hydrogen-bond acceptors (Lipinski definition) is 4. The number of rotatable bonds is 8. The summed E-state index contributed by atoms with van der Waals surface area (Å²) in [5, 5.41) is 0. The quantitative estimate of drug-likeness (QED) is 0.447. The molecule has 0 aliphatic rings. The second-order valence-corrected chi connectivity index (χ2v) is 7.66. The van der Waals surface area contributed by atoms with E-state index in [1.165, 1.54) is 0 Å². The minimum atomic E-state index is -3.66. The van der Waals surface area contributed by atoms with Gasteiger partial charge in [0.25, 0.3) is 0 Å². The van der Waals surface area contributed by atoms with Crippen molar-refractivity contribution in [2.75, 3.05) is 0 Å². The lowest BCUT2D eigenvalue weighted by molar-refractivity contribution is 0.226. The van der Waals surface area contributed by atoms with Crippen LogP contribution in [0.2, 0.25) is 0 Å². The van der Waals surface area contributed by atoms with Crippen molar-refractivity contribution in [3.8, 4) is 17.2 Å². The Balaban J connectivity index is 1.91. The molecule has 0 aliphatic heterocycles. The van der Waals surface area contributed by atoms with Crippen molar-refractivity contribution in [3.05, 3.63) is 91.0 Å². The van der Waals surface area contributed by atoms with Gasteiger partial charge in [-0.25, -0.2) is 4.57 Å². The minimum absolute atomic E-state index is 0.464. The van der Waals surface area contributed by atoms with Gasteiger partial charge < -0.3 is 13.8 Å². The Bertz CT molecular complexity index is 792. The molecule has 0 amide bonds. The lowest BCUT2D eigenvalue weighted by atomic mass is 10.3. The average Bonchev–Trinajstić information content (AvgIpc) is 2.68.